The van der Waals surface area contributed by atoms with Gasteiger partial charge in [-0.2, -0.15) is 0 Å². The molecule has 2 aromatic rings. The number of benzene rings is 1. The third-order valence-electron chi connectivity index (χ3n) is 3.68. The Labute approximate surface area is 144 Å². The molecule has 2 heterocycles. The number of para-hydroxylation sites is 1. The molecule has 1 aromatic carbocycles. The lowest BCUT2D eigenvalue weighted by Crippen LogP contribution is -2.42. The SMILES string of the molecule is CC(C)(C)c1ccc(S(=O)(=O)N2CC(=O)Nc3c(F)cccc32)s1. The highest BCUT2D eigenvalue weighted by Crippen LogP contribution is 2.38. The zero-order valence-corrected chi connectivity index (χ0v) is 15.1. The smallest absolute Gasteiger partial charge is 0.274 e. The Morgan fingerprint density at radius 3 is 2.54 bits per heavy atom. The van der Waals surface area contributed by atoms with Crippen molar-refractivity contribution in [3.05, 3.63) is 41.0 Å². The predicted octanol–water partition coefficient (Wildman–Crippen LogP) is 3.33. The van der Waals surface area contributed by atoms with Gasteiger partial charge < -0.3 is 5.32 Å². The summed E-state index contributed by atoms with van der Waals surface area (Å²) in [5.74, 6) is -1.23. The molecule has 5 nitrogen and oxygen atoms in total. The quantitative estimate of drug-likeness (QED) is 0.884. The van der Waals surface area contributed by atoms with Crippen LogP contribution in [0.3, 0.4) is 0 Å². The van der Waals surface area contributed by atoms with E-state index < -0.39 is 21.7 Å². The molecule has 8 heteroatoms. The molecular weight excluding hydrogens is 351 g/mol. The van der Waals surface area contributed by atoms with E-state index in [1.165, 1.54) is 35.6 Å². The van der Waals surface area contributed by atoms with E-state index in [0.717, 1.165) is 9.18 Å². The lowest BCUT2D eigenvalue weighted by Gasteiger charge is -2.29. The van der Waals surface area contributed by atoms with E-state index >= 15 is 0 Å². The number of thiophene rings is 1. The molecule has 1 aromatic heterocycles. The van der Waals surface area contributed by atoms with Gasteiger partial charge >= 0.3 is 0 Å². The number of halogens is 1. The number of carbonyl (C=O) groups excluding carboxylic acids is 1. The second kappa shape index (κ2) is 5.56. The van der Waals surface area contributed by atoms with Crippen molar-refractivity contribution >= 4 is 38.6 Å². The van der Waals surface area contributed by atoms with Gasteiger partial charge in [-0.25, -0.2) is 12.8 Å². The van der Waals surface area contributed by atoms with E-state index in [0.29, 0.717) is 0 Å². The second-order valence-corrected chi connectivity index (χ2v) is 9.74. The summed E-state index contributed by atoms with van der Waals surface area (Å²) < 4.78 is 41.0. The highest BCUT2D eigenvalue weighted by molar-refractivity contribution is 7.94. The van der Waals surface area contributed by atoms with Gasteiger partial charge in [-0.1, -0.05) is 26.8 Å². The van der Waals surface area contributed by atoms with Crippen molar-refractivity contribution in [1.29, 1.82) is 0 Å². The highest BCUT2D eigenvalue weighted by atomic mass is 32.2. The van der Waals surface area contributed by atoms with Crippen molar-refractivity contribution in [1.82, 2.24) is 0 Å². The Balaban J connectivity index is 2.10. The Morgan fingerprint density at radius 1 is 1.21 bits per heavy atom. The Bertz CT molecular complexity index is 914. The first kappa shape index (κ1) is 16.9. The number of sulfonamides is 1. The summed E-state index contributed by atoms with van der Waals surface area (Å²) in [6.45, 7) is 5.61. The Hall–Kier alpha value is -1.93. The van der Waals surface area contributed by atoms with Crippen LogP contribution >= 0.6 is 11.3 Å². The van der Waals surface area contributed by atoms with Crippen LogP contribution in [0.5, 0.6) is 0 Å². The van der Waals surface area contributed by atoms with Crippen molar-refractivity contribution in [3.63, 3.8) is 0 Å². The van der Waals surface area contributed by atoms with E-state index in [1.54, 1.807) is 6.07 Å². The molecule has 3 rings (SSSR count). The predicted molar refractivity (Wildman–Crippen MR) is 92.6 cm³/mol. The molecule has 0 saturated heterocycles. The fourth-order valence-corrected chi connectivity index (χ4v) is 5.33. The maximum atomic E-state index is 13.9. The first-order valence-corrected chi connectivity index (χ1v) is 9.58. The van der Waals surface area contributed by atoms with Crippen molar-refractivity contribution < 1.29 is 17.6 Å². The molecule has 0 bridgehead atoms. The van der Waals surface area contributed by atoms with Gasteiger partial charge in [0.1, 0.15) is 22.3 Å². The second-order valence-electron chi connectivity index (χ2n) is 6.56. The largest absolute Gasteiger partial charge is 0.320 e. The molecule has 0 atom stereocenters. The molecule has 0 radical (unpaired) electrons. The Morgan fingerprint density at radius 2 is 1.92 bits per heavy atom. The maximum absolute atomic E-state index is 13.9. The minimum absolute atomic E-state index is 0.107. The molecule has 0 unspecified atom stereocenters. The summed E-state index contributed by atoms with van der Waals surface area (Å²) in [6.07, 6.45) is 0. The van der Waals surface area contributed by atoms with Crippen LogP contribution in [-0.2, 0) is 20.2 Å². The zero-order valence-electron chi connectivity index (χ0n) is 13.5. The van der Waals surface area contributed by atoms with E-state index in [9.17, 15) is 17.6 Å². The number of nitrogens with one attached hydrogen (secondary N) is 1. The van der Waals surface area contributed by atoms with Crippen LogP contribution in [0.1, 0.15) is 25.6 Å². The number of rotatable bonds is 2. The first-order valence-electron chi connectivity index (χ1n) is 7.32. The first-order chi connectivity index (χ1) is 11.1. The summed E-state index contributed by atoms with van der Waals surface area (Å²) in [5.41, 5.74) is -0.146. The third kappa shape index (κ3) is 2.80. The number of hydrogen-bond donors (Lipinski definition) is 1. The molecule has 1 amide bonds. The van der Waals surface area contributed by atoms with Crippen molar-refractivity contribution in [3.8, 4) is 0 Å². The summed E-state index contributed by atoms with van der Waals surface area (Å²) in [4.78, 5) is 12.8. The van der Waals surface area contributed by atoms with Crippen LogP contribution < -0.4 is 9.62 Å². The van der Waals surface area contributed by atoms with Gasteiger partial charge in [0.2, 0.25) is 5.91 Å². The number of fused-ring (bicyclic) bond motifs is 1. The molecular formula is C16H17FN2O3S2. The molecule has 1 aliphatic rings. The minimum Gasteiger partial charge on any atom is -0.320 e. The topological polar surface area (TPSA) is 66.5 Å². The van der Waals surface area contributed by atoms with E-state index in [1.807, 2.05) is 20.8 Å². The van der Waals surface area contributed by atoms with E-state index in [2.05, 4.69) is 5.32 Å². The van der Waals surface area contributed by atoms with Crippen LogP contribution in [0.4, 0.5) is 15.8 Å². The van der Waals surface area contributed by atoms with Crippen LogP contribution in [0.25, 0.3) is 0 Å². The maximum Gasteiger partial charge on any atom is 0.274 e. The van der Waals surface area contributed by atoms with Crippen LogP contribution in [0, 0.1) is 5.82 Å². The average molecular weight is 368 g/mol. The summed E-state index contributed by atoms with van der Waals surface area (Å²) in [7, 11) is -3.94. The monoisotopic (exact) mass is 368 g/mol. The van der Waals surface area contributed by atoms with Gasteiger partial charge in [-0.15, -0.1) is 11.3 Å². The fraction of sp³-hybridized carbons (Fsp3) is 0.312. The Kier molecular flexibility index (Phi) is 3.92. The van der Waals surface area contributed by atoms with Crippen LogP contribution in [0.15, 0.2) is 34.5 Å². The van der Waals surface area contributed by atoms with Gasteiger partial charge in [-0.3, -0.25) is 9.10 Å². The number of amides is 1. The molecule has 0 saturated carbocycles. The lowest BCUT2D eigenvalue weighted by molar-refractivity contribution is -0.115. The zero-order chi connectivity index (χ0) is 17.7. The molecule has 24 heavy (non-hydrogen) atoms. The number of anilines is 2. The standard InChI is InChI=1S/C16H17FN2O3S2/c1-16(2,3)12-7-8-14(23-12)24(21,22)19-9-13(20)18-15-10(17)5-4-6-11(15)19/h4-8H,9H2,1-3H3,(H,18,20). The highest BCUT2D eigenvalue weighted by Gasteiger charge is 2.35. The lowest BCUT2D eigenvalue weighted by atomic mass is 9.95. The third-order valence-corrected chi connectivity index (χ3v) is 7.41. The molecule has 0 spiro atoms. The summed E-state index contributed by atoms with van der Waals surface area (Å²) >= 11 is 1.17. The van der Waals surface area contributed by atoms with Crippen LogP contribution in [0.2, 0.25) is 0 Å². The van der Waals surface area contributed by atoms with E-state index in [-0.39, 0.29) is 27.5 Å². The molecule has 1 N–H and O–H groups in total. The van der Waals surface area contributed by atoms with E-state index in [4.69, 9.17) is 0 Å². The van der Waals surface area contributed by atoms with Gasteiger partial charge in [-0.05, 0) is 29.7 Å². The molecule has 0 aliphatic carbocycles. The van der Waals surface area contributed by atoms with Gasteiger partial charge in [0.25, 0.3) is 10.0 Å². The number of carbonyl (C=O) groups is 1. The fourth-order valence-electron chi connectivity index (χ4n) is 2.42. The molecule has 1 aliphatic heterocycles. The molecule has 0 fully saturated rings. The van der Waals surface area contributed by atoms with Crippen molar-refractivity contribution in [2.45, 2.75) is 30.4 Å². The summed E-state index contributed by atoms with van der Waals surface area (Å²) in [5, 5.41) is 2.39. The van der Waals surface area contributed by atoms with Gasteiger partial charge in [0, 0.05) is 4.88 Å². The van der Waals surface area contributed by atoms with Gasteiger partial charge in [0.15, 0.2) is 0 Å². The number of hydrogen-bond acceptors (Lipinski definition) is 4. The van der Waals surface area contributed by atoms with Gasteiger partial charge in [0.05, 0.1) is 5.69 Å². The normalized spacial score (nSPS) is 15.2. The van der Waals surface area contributed by atoms with Crippen LogP contribution in [-0.4, -0.2) is 20.9 Å². The van der Waals surface area contributed by atoms with Crippen molar-refractivity contribution in [2.75, 3.05) is 16.2 Å². The minimum atomic E-state index is -3.94. The van der Waals surface area contributed by atoms with Crippen molar-refractivity contribution in [2.24, 2.45) is 0 Å². The molecule has 128 valence electrons. The average Bonchev–Trinajstić information content (AvgIpc) is 2.98. The summed E-state index contributed by atoms with van der Waals surface area (Å²) in [6, 6.07) is 7.38. The number of nitrogens with zero attached hydrogens (tertiary/aromatic N) is 1.